The summed E-state index contributed by atoms with van der Waals surface area (Å²) in [7, 11) is -2.32. The molecule has 1 rings (SSSR count). The second kappa shape index (κ2) is 6.43. The molecule has 0 spiro atoms. The van der Waals surface area contributed by atoms with E-state index in [2.05, 4.69) is 6.58 Å². The van der Waals surface area contributed by atoms with Crippen molar-refractivity contribution in [3.05, 3.63) is 12.2 Å². The Bertz CT molecular complexity index is 200. The summed E-state index contributed by atoms with van der Waals surface area (Å²) in [5.41, 5.74) is 1.04. The summed E-state index contributed by atoms with van der Waals surface area (Å²) < 4.78 is 10.9. The predicted molar refractivity (Wildman–Crippen MR) is 63.0 cm³/mol. The molecular weight excluding hydrogens is 208 g/mol. The second-order valence-corrected chi connectivity index (χ2v) is 7.55. The summed E-state index contributed by atoms with van der Waals surface area (Å²) in [6.07, 6.45) is 3.12. The lowest BCUT2D eigenvalue weighted by molar-refractivity contribution is 0.149. The van der Waals surface area contributed by atoms with Crippen molar-refractivity contribution >= 4 is 8.56 Å². The number of ether oxygens (including phenoxy) is 1. The summed E-state index contributed by atoms with van der Waals surface area (Å²) in [5, 5.41) is 0. The first-order chi connectivity index (χ1) is 7.12. The van der Waals surface area contributed by atoms with Crippen LogP contribution in [0.3, 0.4) is 0 Å². The molecule has 0 amide bonds. The molecule has 1 unspecified atom stereocenters. The molecule has 1 heterocycles. The molecule has 0 bridgehead atoms. The van der Waals surface area contributed by atoms with Gasteiger partial charge in [-0.3, -0.25) is 0 Å². The van der Waals surface area contributed by atoms with Gasteiger partial charge in [-0.1, -0.05) is 12.2 Å². The van der Waals surface area contributed by atoms with Crippen LogP contribution < -0.4 is 0 Å². The zero-order valence-corrected chi connectivity index (χ0v) is 10.6. The molecule has 15 heavy (non-hydrogen) atoms. The molecule has 1 saturated heterocycles. The minimum absolute atomic E-state index is 0.626. The molecular formula is C11H22O3Si. The molecule has 88 valence electrons. The molecule has 0 saturated carbocycles. The van der Waals surface area contributed by atoms with Crippen LogP contribution >= 0.6 is 0 Å². The SMILES string of the molecule is C=C(C)COCCC[Si]1(O)CCCCO1. The van der Waals surface area contributed by atoms with Crippen LogP contribution in [0.4, 0.5) is 0 Å². The number of hydrogen-bond acceptors (Lipinski definition) is 3. The molecule has 0 radical (unpaired) electrons. The van der Waals surface area contributed by atoms with E-state index in [9.17, 15) is 4.80 Å². The smallest absolute Gasteiger partial charge is 0.335 e. The summed E-state index contributed by atoms with van der Waals surface area (Å²) in [6, 6.07) is 1.71. The van der Waals surface area contributed by atoms with Gasteiger partial charge >= 0.3 is 8.56 Å². The largest absolute Gasteiger partial charge is 0.411 e. The van der Waals surface area contributed by atoms with Crippen molar-refractivity contribution in [2.24, 2.45) is 0 Å². The Balaban J connectivity index is 2.05. The van der Waals surface area contributed by atoms with Crippen molar-refractivity contribution in [3.8, 4) is 0 Å². The highest BCUT2D eigenvalue weighted by Gasteiger charge is 2.34. The third-order valence-electron chi connectivity index (χ3n) is 2.54. The van der Waals surface area contributed by atoms with Crippen molar-refractivity contribution in [2.75, 3.05) is 19.8 Å². The van der Waals surface area contributed by atoms with Crippen LogP contribution in [0.25, 0.3) is 0 Å². The summed E-state index contributed by atoms with van der Waals surface area (Å²) in [5.74, 6) is 0. The number of hydrogen-bond donors (Lipinski definition) is 1. The molecule has 0 aromatic rings. The third kappa shape index (κ3) is 5.46. The highest BCUT2D eigenvalue weighted by atomic mass is 28.4. The highest BCUT2D eigenvalue weighted by molar-refractivity contribution is 6.66. The van der Waals surface area contributed by atoms with Crippen LogP contribution in [0.2, 0.25) is 12.1 Å². The normalized spacial score (nSPS) is 26.5. The lowest BCUT2D eigenvalue weighted by Gasteiger charge is -2.28. The van der Waals surface area contributed by atoms with Gasteiger partial charge in [-0.15, -0.1) is 0 Å². The van der Waals surface area contributed by atoms with Crippen LogP contribution in [-0.2, 0) is 9.16 Å². The number of rotatable bonds is 6. The monoisotopic (exact) mass is 230 g/mol. The maximum atomic E-state index is 10.1. The van der Waals surface area contributed by atoms with Crippen molar-refractivity contribution in [1.29, 1.82) is 0 Å². The highest BCUT2D eigenvalue weighted by Crippen LogP contribution is 2.23. The van der Waals surface area contributed by atoms with Gasteiger partial charge in [0.1, 0.15) is 0 Å². The van der Waals surface area contributed by atoms with E-state index in [0.29, 0.717) is 13.2 Å². The maximum absolute atomic E-state index is 10.1. The van der Waals surface area contributed by atoms with Crippen LogP contribution in [0, 0.1) is 0 Å². The van der Waals surface area contributed by atoms with Gasteiger partial charge in [0.25, 0.3) is 0 Å². The van der Waals surface area contributed by atoms with E-state index in [4.69, 9.17) is 9.16 Å². The molecule has 1 fully saturated rings. The Labute approximate surface area is 93.3 Å². The summed E-state index contributed by atoms with van der Waals surface area (Å²) in [4.78, 5) is 10.1. The van der Waals surface area contributed by atoms with Crippen molar-refractivity contribution in [2.45, 2.75) is 38.3 Å². The zero-order chi connectivity index (χ0) is 11.1. The molecule has 0 aromatic heterocycles. The quantitative estimate of drug-likeness (QED) is 0.432. The van der Waals surface area contributed by atoms with E-state index in [1.807, 2.05) is 6.92 Å². The van der Waals surface area contributed by atoms with Gasteiger partial charge in [0.05, 0.1) is 6.61 Å². The van der Waals surface area contributed by atoms with E-state index in [0.717, 1.165) is 43.5 Å². The fraction of sp³-hybridized carbons (Fsp3) is 0.818. The Kier molecular flexibility index (Phi) is 5.53. The lowest BCUT2D eigenvalue weighted by Crippen LogP contribution is -2.41. The fourth-order valence-electron chi connectivity index (χ4n) is 1.73. The van der Waals surface area contributed by atoms with Crippen LogP contribution in [0.15, 0.2) is 12.2 Å². The van der Waals surface area contributed by atoms with E-state index in [1.165, 1.54) is 0 Å². The van der Waals surface area contributed by atoms with E-state index in [1.54, 1.807) is 0 Å². The molecule has 1 N–H and O–H groups in total. The molecule has 1 atom stereocenters. The standard InChI is InChI=1S/C11H22O3Si/c1-11(2)10-13-6-5-9-15(12)8-4-3-7-14-15/h12H,1,3-10H2,2H3. The van der Waals surface area contributed by atoms with Gasteiger partial charge < -0.3 is 14.0 Å². The first kappa shape index (κ1) is 12.9. The zero-order valence-electron chi connectivity index (χ0n) is 9.63. The topological polar surface area (TPSA) is 38.7 Å². The molecule has 0 aliphatic carbocycles. The van der Waals surface area contributed by atoms with E-state index in [-0.39, 0.29) is 0 Å². The average Bonchev–Trinajstić information content (AvgIpc) is 2.17. The van der Waals surface area contributed by atoms with Gasteiger partial charge in [-0.05, 0) is 38.3 Å². The lowest BCUT2D eigenvalue weighted by atomic mass is 10.4. The van der Waals surface area contributed by atoms with Gasteiger partial charge in [0, 0.05) is 13.2 Å². The molecule has 1 aliphatic heterocycles. The van der Waals surface area contributed by atoms with Crippen molar-refractivity contribution in [3.63, 3.8) is 0 Å². The third-order valence-corrected chi connectivity index (χ3v) is 5.55. The summed E-state index contributed by atoms with van der Waals surface area (Å²) >= 11 is 0. The Morgan fingerprint density at radius 3 is 2.93 bits per heavy atom. The first-order valence-electron chi connectivity index (χ1n) is 5.71. The van der Waals surface area contributed by atoms with Crippen LogP contribution in [0.1, 0.15) is 26.2 Å². The van der Waals surface area contributed by atoms with Gasteiger partial charge in [-0.2, -0.15) is 0 Å². The predicted octanol–water partition coefficient (Wildman–Crippen LogP) is 2.21. The fourth-order valence-corrected chi connectivity index (χ4v) is 4.29. The summed E-state index contributed by atoms with van der Waals surface area (Å²) in [6.45, 7) is 7.79. The van der Waals surface area contributed by atoms with Gasteiger partial charge in [-0.25, -0.2) is 0 Å². The van der Waals surface area contributed by atoms with Crippen molar-refractivity contribution in [1.82, 2.24) is 0 Å². The van der Waals surface area contributed by atoms with E-state index < -0.39 is 8.56 Å². The van der Waals surface area contributed by atoms with Crippen molar-refractivity contribution < 1.29 is 14.0 Å². The Morgan fingerprint density at radius 1 is 1.53 bits per heavy atom. The minimum Gasteiger partial charge on any atom is -0.411 e. The molecule has 1 aliphatic rings. The average molecular weight is 230 g/mol. The Hall–Kier alpha value is -0.163. The van der Waals surface area contributed by atoms with Crippen LogP contribution in [-0.4, -0.2) is 33.2 Å². The first-order valence-corrected chi connectivity index (χ1v) is 7.98. The van der Waals surface area contributed by atoms with Gasteiger partial charge in [0.2, 0.25) is 0 Å². The molecule has 4 heteroatoms. The second-order valence-electron chi connectivity index (χ2n) is 4.37. The van der Waals surface area contributed by atoms with Crippen LogP contribution in [0.5, 0.6) is 0 Å². The van der Waals surface area contributed by atoms with E-state index >= 15 is 0 Å². The Morgan fingerprint density at radius 2 is 2.33 bits per heavy atom. The molecule has 3 nitrogen and oxygen atoms in total. The maximum Gasteiger partial charge on any atom is 0.335 e. The minimum atomic E-state index is -2.32. The molecule has 0 aromatic carbocycles. The van der Waals surface area contributed by atoms with Gasteiger partial charge in [0.15, 0.2) is 0 Å².